The molecule has 0 fully saturated rings. The first kappa shape index (κ1) is 15.8. The van der Waals surface area contributed by atoms with Gasteiger partial charge in [0.2, 0.25) is 0 Å². The van der Waals surface area contributed by atoms with Crippen molar-refractivity contribution in [2.24, 2.45) is 0 Å². The molecule has 5 heteroatoms. The number of fused-ring (bicyclic) bond motifs is 1. The Bertz CT molecular complexity index is 911. The van der Waals surface area contributed by atoms with E-state index in [4.69, 9.17) is 5.11 Å². The molecule has 0 radical (unpaired) electrons. The summed E-state index contributed by atoms with van der Waals surface area (Å²) in [4.78, 5) is 23.5. The van der Waals surface area contributed by atoms with Gasteiger partial charge < -0.3 is 14.8 Å². The second kappa shape index (κ2) is 6.58. The highest BCUT2D eigenvalue weighted by molar-refractivity contribution is 6.16. The minimum atomic E-state index is -0.831. The molecule has 2 aromatic carbocycles. The van der Waals surface area contributed by atoms with Crippen molar-refractivity contribution in [3.05, 3.63) is 65.9 Å². The predicted octanol–water partition coefficient (Wildman–Crippen LogP) is 3.44. The van der Waals surface area contributed by atoms with E-state index in [-0.39, 0.29) is 18.0 Å². The average molecular weight is 323 g/mol. The number of aryl methyl sites for hydroxylation is 1. The lowest BCUT2D eigenvalue weighted by Gasteiger charge is -2.03. The number of phenols is 1. The van der Waals surface area contributed by atoms with Gasteiger partial charge in [-0.15, -0.1) is 0 Å². The number of carboxylic acid groups (broad SMARTS) is 1. The molecule has 3 aromatic rings. The molecule has 0 atom stereocenters. The summed E-state index contributed by atoms with van der Waals surface area (Å²) in [6, 6.07) is 13.8. The van der Waals surface area contributed by atoms with Gasteiger partial charge in [0.1, 0.15) is 5.75 Å². The van der Waals surface area contributed by atoms with Gasteiger partial charge in [0.25, 0.3) is 0 Å². The first-order valence-electron chi connectivity index (χ1n) is 7.69. The van der Waals surface area contributed by atoms with E-state index in [1.165, 1.54) is 12.1 Å². The van der Waals surface area contributed by atoms with E-state index in [0.717, 1.165) is 10.9 Å². The summed E-state index contributed by atoms with van der Waals surface area (Å²) in [5.74, 6) is -0.951. The van der Waals surface area contributed by atoms with Gasteiger partial charge in [0.05, 0.1) is 0 Å². The van der Waals surface area contributed by atoms with Crippen molar-refractivity contribution >= 4 is 22.7 Å². The molecule has 5 nitrogen and oxygen atoms in total. The summed E-state index contributed by atoms with van der Waals surface area (Å²) < 4.78 is 1.91. The Balaban J connectivity index is 1.99. The number of para-hydroxylation sites is 1. The van der Waals surface area contributed by atoms with Gasteiger partial charge >= 0.3 is 5.97 Å². The molecule has 24 heavy (non-hydrogen) atoms. The molecule has 0 aliphatic carbocycles. The second-order valence-corrected chi connectivity index (χ2v) is 5.63. The van der Waals surface area contributed by atoms with Crippen LogP contribution in [0.5, 0.6) is 5.75 Å². The number of benzene rings is 2. The number of aliphatic carboxylic acids is 1. The molecule has 0 saturated carbocycles. The third kappa shape index (κ3) is 3.15. The SMILES string of the molecule is O=C(O)CCCn1cc(C(=O)c2cccc(O)c2)c2ccccc21. The predicted molar refractivity (Wildman–Crippen MR) is 90.3 cm³/mol. The number of phenolic OH excluding ortho intramolecular Hbond substituents is 1. The maximum Gasteiger partial charge on any atom is 0.303 e. The van der Waals surface area contributed by atoms with Gasteiger partial charge in [-0.1, -0.05) is 30.3 Å². The maximum absolute atomic E-state index is 12.8. The first-order valence-corrected chi connectivity index (χ1v) is 7.69. The number of ketones is 1. The molecule has 0 bridgehead atoms. The number of rotatable bonds is 6. The maximum atomic E-state index is 12.8. The molecule has 0 saturated heterocycles. The summed E-state index contributed by atoms with van der Waals surface area (Å²) in [5, 5.41) is 19.2. The van der Waals surface area contributed by atoms with Crippen LogP contribution in [0.2, 0.25) is 0 Å². The van der Waals surface area contributed by atoms with Crippen LogP contribution in [0.1, 0.15) is 28.8 Å². The molecule has 0 spiro atoms. The van der Waals surface area contributed by atoms with E-state index in [0.29, 0.717) is 24.1 Å². The molecular formula is C19H17NO4. The van der Waals surface area contributed by atoms with E-state index in [1.807, 2.05) is 28.8 Å². The quantitative estimate of drug-likeness (QED) is 0.681. The Labute approximate surface area is 138 Å². The number of hydrogen-bond acceptors (Lipinski definition) is 3. The van der Waals surface area contributed by atoms with Gasteiger partial charge in [0, 0.05) is 41.2 Å². The van der Waals surface area contributed by atoms with E-state index in [9.17, 15) is 14.7 Å². The van der Waals surface area contributed by atoms with E-state index in [1.54, 1.807) is 18.3 Å². The lowest BCUT2D eigenvalue weighted by molar-refractivity contribution is -0.137. The van der Waals surface area contributed by atoms with Gasteiger partial charge in [-0.25, -0.2) is 0 Å². The molecule has 0 aliphatic rings. The molecule has 1 heterocycles. The monoisotopic (exact) mass is 323 g/mol. The third-order valence-electron chi connectivity index (χ3n) is 3.93. The zero-order chi connectivity index (χ0) is 17.1. The summed E-state index contributed by atoms with van der Waals surface area (Å²) >= 11 is 0. The average Bonchev–Trinajstić information content (AvgIpc) is 2.93. The summed E-state index contributed by atoms with van der Waals surface area (Å²) in [5.41, 5.74) is 1.86. The van der Waals surface area contributed by atoms with Crippen molar-refractivity contribution in [1.82, 2.24) is 4.57 Å². The lowest BCUT2D eigenvalue weighted by atomic mass is 10.0. The Hall–Kier alpha value is -3.08. The van der Waals surface area contributed by atoms with Crippen molar-refractivity contribution in [3.63, 3.8) is 0 Å². The van der Waals surface area contributed by atoms with Crippen LogP contribution in [-0.2, 0) is 11.3 Å². The second-order valence-electron chi connectivity index (χ2n) is 5.63. The van der Waals surface area contributed by atoms with Crippen LogP contribution in [-0.4, -0.2) is 26.5 Å². The van der Waals surface area contributed by atoms with Crippen LogP contribution in [0.3, 0.4) is 0 Å². The highest BCUT2D eigenvalue weighted by Crippen LogP contribution is 2.25. The van der Waals surface area contributed by atoms with Gasteiger partial charge in [-0.05, 0) is 24.6 Å². The minimum absolute atomic E-state index is 0.0473. The Morgan fingerprint density at radius 1 is 1.04 bits per heavy atom. The fourth-order valence-corrected chi connectivity index (χ4v) is 2.82. The minimum Gasteiger partial charge on any atom is -0.508 e. The topological polar surface area (TPSA) is 79.5 Å². The molecule has 2 N–H and O–H groups in total. The fraction of sp³-hybridized carbons (Fsp3) is 0.158. The van der Waals surface area contributed by atoms with Gasteiger partial charge in [-0.2, -0.15) is 0 Å². The summed E-state index contributed by atoms with van der Waals surface area (Å²) in [7, 11) is 0. The first-order chi connectivity index (χ1) is 11.6. The molecule has 0 amide bonds. The van der Waals surface area contributed by atoms with Crippen LogP contribution in [0.25, 0.3) is 10.9 Å². The number of hydrogen-bond donors (Lipinski definition) is 2. The smallest absolute Gasteiger partial charge is 0.303 e. The normalized spacial score (nSPS) is 10.8. The third-order valence-corrected chi connectivity index (χ3v) is 3.93. The lowest BCUT2D eigenvalue weighted by Crippen LogP contribution is -2.02. The number of nitrogens with zero attached hydrogens (tertiary/aromatic N) is 1. The standard InChI is InChI=1S/C19H17NO4/c21-14-6-3-5-13(11-14)19(24)16-12-20(10-4-9-18(22)23)17-8-2-1-7-15(16)17/h1-3,5-8,11-12,21H,4,9-10H2,(H,22,23). The molecule has 0 aliphatic heterocycles. The summed E-state index contributed by atoms with van der Waals surface area (Å²) in [6.07, 6.45) is 2.34. The number of aromatic hydroxyl groups is 1. The highest BCUT2D eigenvalue weighted by Gasteiger charge is 2.17. The Morgan fingerprint density at radius 3 is 2.58 bits per heavy atom. The number of carbonyl (C=O) groups excluding carboxylic acids is 1. The molecular weight excluding hydrogens is 306 g/mol. The molecule has 122 valence electrons. The van der Waals surface area contributed by atoms with Crippen LogP contribution in [0.15, 0.2) is 54.7 Å². The van der Waals surface area contributed by atoms with Crippen molar-refractivity contribution in [2.45, 2.75) is 19.4 Å². The fourth-order valence-electron chi connectivity index (χ4n) is 2.82. The van der Waals surface area contributed by atoms with Crippen LogP contribution in [0.4, 0.5) is 0 Å². The molecule has 0 unspecified atom stereocenters. The van der Waals surface area contributed by atoms with Gasteiger partial charge in [-0.3, -0.25) is 9.59 Å². The Morgan fingerprint density at radius 2 is 1.83 bits per heavy atom. The van der Waals surface area contributed by atoms with E-state index < -0.39 is 5.97 Å². The molecule has 3 rings (SSSR count). The van der Waals surface area contributed by atoms with E-state index in [2.05, 4.69) is 0 Å². The van der Waals surface area contributed by atoms with Crippen molar-refractivity contribution in [3.8, 4) is 5.75 Å². The largest absolute Gasteiger partial charge is 0.508 e. The van der Waals surface area contributed by atoms with Gasteiger partial charge in [0.15, 0.2) is 5.78 Å². The van der Waals surface area contributed by atoms with Crippen molar-refractivity contribution < 1.29 is 19.8 Å². The highest BCUT2D eigenvalue weighted by atomic mass is 16.4. The van der Waals surface area contributed by atoms with E-state index >= 15 is 0 Å². The van der Waals surface area contributed by atoms with Crippen molar-refractivity contribution in [1.29, 1.82) is 0 Å². The number of carboxylic acids is 1. The molecule has 1 aromatic heterocycles. The number of carbonyl (C=O) groups is 2. The van der Waals surface area contributed by atoms with Crippen LogP contribution < -0.4 is 0 Å². The van der Waals surface area contributed by atoms with Crippen molar-refractivity contribution in [2.75, 3.05) is 0 Å². The van der Waals surface area contributed by atoms with Crippen LogP contribution >= 0.6 is 0 Å². The summed E-state index contributed by atoms with van der Waals surface area (Å²) in [6.45, 7) is 0.528. The zero-order valence-electron chi connectivity index (χ0n) is 13.0. The number of aromatic nitrogens is 1. The van der Waals surface area contributed by atoms with Crippen LogP contribution in [0, 0.1) is 0 Å². The zero-order valence-corrected chi connectivity index (χ0v) is 13.0. The Kier molecular flexibility index (Phi) is 4.33.